The van der Waals surface area contributed by atoms with E-state index in [1.54, 1.807) is 20.1 Å². The second kappa shape index (κ2) is 4.08. The van der Waals surface area contributed by atoms with Gasteiger partial charge in [0.1, 0.15) is 5.75 Å². The van der Waals surface area contributed by atoms with Gasteiger partial charge in [0, 0.05) is 5.56 Å². The molecule has 0 heterocycles. The first-order valence-corrected chi connectivity index (χ1v) is 4.37. The minimum Gasteiger partial charge on any atom is -0.496 e. The fourth-order valence-corrected chi connectivity index (χ4v) is 1.27. The van der Waals surface area contributed by atoms with Crippen LogP contribution in [-0.2, 0) is 6.42 Å². The fourth-order valence-electron chi connectivity index (χ4n) is 1.27. The van der Waals surface area contributed by atoms with E-state index in [1.807, 2.05) is 19.1 Å². The minimum atomic E-state index is 0.0948. The van der Waals surface area contributed by atoms with Crippen LogP contribution in [0.4, 0.5) is 0 Å². The molecule has 0 fully saturated rings. The van der Waals surface area contributed by atoms with E-state index < -0.39 is 0 Å². The molecule has 1 aromatic carbocycles. The van der Waals surface area contributed by atoms with Crippen LogP contribution in [0.3, 0.4) is 0 Å². The Morgan fingerprint density at radius 2 is 2.15 bits per heavy atom. The van der Waals surface area contributed by atoms with Crippen molar-refractivity contribution in [2.75, 3.05) is 7.11 Å². The third kappa shape index (κ3) is 2.08. The summed E-state index contributed by atoms with van der Waals surface area (Å²) in [5.41, 5.74) is 1.83. The normalized spacial score (nSPS) is 9.77. The van der Waals surface area contributed by atoms with Crippen LogP contribution < -0.4 is 4.74 Å². The monoisotopic (exact) mass is 178 g/mol. The zero-order valence-electron chi connectivity index (χ0n) is 8.26. The largest absolute Gasteiger partial charge is 0.496 e. The zero-order chi connectivity index (χ0) is 9.84. The maximum atomic E-state index is 11.1. The predicted octanol–water partition coefficient (Wildman–Crippen LogP) is 2.46. The first kappa shape index (κ1) is 9.78. The van der Waals surface area contributed by atoms with Gasteiger partial charge in [0.2, 0.25) is 0 Å². The fraction of sp³-hybridized carbons (Fsp3) is 0.364. The number of hydrogen-bond donors (Lipinski definition) is 0. The minimum absolute atomic E-state index is 0.0948. The maximum Gasteiger partial charge on any atom is 0.159 e. The molecule has 0 radical (unpaired) electrons. The van der Waals surface area contributed by atoms with Gasteiger partial charge in [-0.2, -0.15) is 0 Å². The van der Waals surface area contributed by atoms with Gasteiger partial charge >= 0.3 is 0 Å². The van der Waals surface area contributed by atoms with E-state index in [0.717, 1.165) is 23.3 Å². The van der Waals surface area contributed by atoms with Crippen molar-refractivity contribution in [1.82, 2.24) is 0 Å². The summed E-state index contributed by atoms with van der Waals surface area (Å²) in [6.45, 7) is 3.61. The van der Waals surface area contributed by atoms with Crippen LogP contribution in [0.2, 0.25) is 0 Å². The number of methoxy groups -OCH3 is 1. The van der Waals surface area contributed by atoms with Crippen LogP contribution in [0, 0.1) is 0 Å². The highest BCUT2D eigenvalue weighted by Crippen LogP contribution is 2.20. The highest BCUT2D eigenvalue weighted by atomic mass is 16.5. The molecule has 2 nitrogen and oxygen atoms in total. The lowest BCUT2D eigenvalue weighted by Gasteiger charge is -2.07. The number of carbonyl (C=O) groups excluding carboxylic acids is 1. The summed E-state index contributed by atoms with van der Waals surface area (Å²) in [6.07, 6.45) is 0.879. The molecule has 0 unspecified atom stereocenters. The Bertz CT molecular complexity index is 316. The second-order valence-corrected chi connectivity index (χ2v) is 2.94. The molecule has 0 saturated carbocycles. The van der Waals surface area contributed by atoms with Gasteiger partial charge in [-0.15, -0.1) is 0 Å². The van der Waals surface area contributed by atoms with Gasteiger partial charge < -0.3 is 4.74 Å². The van der Waals surface area contributed by atoms with Gasteiger partial charge in [-0.3, -0.25) is 4.79 Å². The van der Waals surface area contributed by atoms with Crippen LogP contribution in [0.1, 0.15) is 29.8 Å². The predicted molar refractivity (Wildman–Crippen MR) is 52.4 cm³/mol. The van der Waals surface area contributed by atoms with Crippen molar-refractivity contribution >= 4 is 5.78 Å². The number of hydrogen-bond acceptors (Lipinski definition) is 2. The van der Waals surface area contributed by atoms with Crippen molar-refractivity contribution in [1.29, 1.82) is 0 Å². The highest BCUT2D eigenvalue weighted by Gasteiger charge is 2.04. The van der Waals surface area contributed by atoms with Gasteiger partial charge in [-0.25, -0.2) is 0 Å². The van der Waals surface area contributed by atoms with E-state index in [4.69, 9.17) is 4.74 Å². The third-order valence-electron chi connectivity index (χ3n) is 2.07. The molecule has 0 aromatic heterocycles. The van der Waals surface area contributed by atoms with Gasteiger partial charge in [0.05, 0.1) is 7.11 Å². The van der Waals surface area contributed by atoms with E-state index in [9.17, 15) is 4.79 Å². The number of rotatable bonds is 3. The molecule has 2 heteroatoms. The first-order chi connectivity index (χ1) is 6.19. The lowest BCUT2D eigenvalue weighted by molar-refractivity contribution is 0.101. The standard InChI is InChI=1S/C11H14O2/c1-4-9-7-10(8(2)12)5-6-11(9)13-3/h5-7H,4H2,1-3H3. The Labute approximate surface area is 78.5 Å². The van der Waals surface area contributed by atoms with E-state index in [0.29, 0.717) is 0 Å². The van der Waals surface area contributed by atoms with E-state index in [-0.39, 0.29) is 5.78 Å². The number of aryl methyl sites for hydroxylation is 1. The van der Waals surface area contributed by atoms with E-state index >= 15 is 0 Å². The molecule has 0 atom stereocenters. The Morgan fingerprint density at radius 1 is 1.46 bits per heavy atom. The molecule has 0 N–H and O–H groups in total. The molecule has 0 aliphatic carbocycles. The molecule has 0 saturated heterocycles. The van der Waals surface area contributed by atoms with Crippen LogP contribution in [0.5, 0.6) is 5.75 Å². The van der Waals surface area contributed by atoms with Gasteiger partial charge in [0.15, 0.2) is 5.78 Å². The lowest BCUT2D eigenvalue weighted by atomic mass is 10.1. The topological polar surface area (TPSA) is 26.3 Å². The molecule has 1 aromatic rings. The molecule has 70 valence electrons. The number of Topliss-reactive ketones (excluding diaryl/α,β-unsaturated/α-hetero) is 1. The Morgan fingerprint density at radius 3 is 2.62 bits per heavy atom. The zero-order valence-corrected chi connectivity index (χ0v) is 8.26. The summed E-state index contributed by atoms with van der Waals surface area (Å²) in [6, 6.07) is 5.52. The summed E-state index contributed by atoms with van der Waals surface area (Å²) in [5.74, 6) is 0.949. The van der Waals surface area contributed by atoms with Crippen molar-refractivity contribution in [2.24, 2.45) is 0 Å². The van der Waals surface area contributed by atoms with Crippen molar-refractivity contribution in [2.45, 2.75) is 20.3 Å². The molecular formula is C11H14O2. The summed E-state index contributed by atoms with van der Waals surface area (Å²) < 4.78 is 5.16. The molecule has 1 rings (SSSR count). The van der Waals surface area contributed by atoms with Crippen LogP contribution in [0.15, 0.2) is 18.2 Å². The molecule has 0 amide bonds. The Balaban J connectivity index is 3.13. The molecule has 0 bridgehead atoms. The smallest absolute Gasteiger partial charge is 0.159 e. The lowest BCUT2D eigenvalue weighted by Crippen LogP contribution is -1.96. The number of ketones is 1. The number of carbonyl (C=O) groups is 1. The third-order valence-corrected chi connectivity index (χ3v) is 2.07. The second-order valence-electron chi connectivity index (χ2n) is 2.94. The average Bonchev–Trinajstić information content (AvgIpc) is 2.16. The Kier molecular flexibility index (Phi) is 3.07. The highest BCUT2D eigenvalue weighted by molar-refractivity contribution is 5.94. The van der Waals surface area contributed by atoms with Crippen molar-refractivity contribution in [3.63, 3.8) is 0 Å². The van der Waals surface area contributed by atoms with E-state index in [1.165, 1.54) is 0 Å². The molecule has 0 spiro atoms. The van der Waals surface area contributed by atoms with Gasteiger partial charge in [0.25, 0.3) is 0 Å². The number of ether oxygens (including phenoxy) is 1. The number of benzene rings is 1. The average molecular weight is 178 g/mol. The van der Waals surface area contributed by atoms with Crippen LogP contribution in [-0.4, -0.2) is 12.9 Å². The van der Waals surface area contributed by atoms with Crippen molar-refractivity contribution in [3.8, 4) is 5.75 Å². The molecule has 13 heavy (non-hydrogen) atoms. The maximum absolute atomic E-state index is 11.1. The van der Waals surface area contributed by atoms with Crippen LogP contribution >= 0.6 is 0 Å². The first-order valence-electron chi connectivity index (χ1n) is 4.37. The summed E-state index contributed by atoms with van der Waals surface area (Å²) in [5, 5.41) is 0. The Hall–Kier alpha value is -1.31. The van der Waals surface area contributed by atoms with Crippen molar-refractivity contribution in [3.05, 3.63) is 29.3 Å². The van der Waals surface area contributed by atoms with Gasteiger partial charge in [-0.1, -0.05) is 6.92 Å². The van der Waals surface area contributed by atoms with Crippen molar-refractivity contribution < 1.29 is 9.53 Å². The quantitative estimate of drug-likeness (QED) is 0.664. The SMILES string of the molecule is CCc1cc(C(C)=O)ccc1OC. The summed E-state index contributed by atoms with van der Waals surface area (Å²) >= 11 is 0. The van der Waals surface area contributed by atoms with Crippen LogP contribution in [0.25, 0.3) is 0 Å². The van der Waals surface area contributed by atoms with E-state index in [2.05, 4.69) is 0 Å². The summed E-state index contributed by atoms with van der Waals surface area (Å²) in [7, 11) is 1.64. The summed E-state index contributed by atoms with van der Waals surface area (Å²) in [4.78, 5) is 11.1. The molecular weight excluding hydrogens is 164 g/mol. The van der Waals surface area contributed by atoms with Gasteiger partial charge in [-0.05, 0) is 37.1 Å². The molecule has 0 aliphatic rings. The molecule has 0 aliphatic heterocycles.